The summed E-state index contributed by atoms with van der Waals surface area (Å²) < 4.78 is 34.6. The molecule has 0 bridgehead atoms. The topological polar surface area (TPSA) is 172 Å². The monoisotopic (exact) mass is 1630 g/mol. The molecule has 17 heteroatoms. The lowest BCUT2D eigenvalue weighted by atomic mass is 10.0. The number of halogens is 4. The fraction of sp³-hybridized carbons (Fsp3) is 0.454. The molecule has 618 valence electrons. The van der Waals surface area contributed by atoms with E-state index in [1.54, 1.807) is 48.5 Å². The molecule has 4 unspecified atom stereocenters. The number of hydrogen-bond acceptors (Lipinski definition) is 11. The van der Waals surface area contributed by atoms with E-state index in [2.05, 4.69) is 51.3 Å². The highest BCUT2D eigenvalue weighted by Gasteiger charge is 2.24. The highest BCUT2D eigenvalue weighted by molar-refractivity contribution is 6.42. The Balaban J connectivity index is 0.000000318. The van der Waals surface area contributed by atoms with Crippen LogP contribution in [0.1, 0.15) is 259 Å². The van der Waals surface area contributed by atoms with Crippen LogP contribution in [-0.4, -0.2) is 55.8 Å². The zero-order chi connectivity index (χ0) is 83.9. The van der Waals surface area contributed by atoms with Crippen LogP contribution in [0.3, 0.4) is 0 Å². The second kappa shape index (κ2) is 55.1. The first kappa shape index (κ1) is 97.9. The third kappa shape index (κ3) is 37.4. The Bertz CT molecular complexity index is 4160. The van der Waals surface area contributed by atoms with E-state index in [1.807, 2.05) is 179 Å². The van der Waals surface area contributed by atoms with Crippen molar-refractivity contribution < 1.29 is 47.6 Å². The molecule has 8 aromatic carbocycles. The van der Waals surface area contributed by atoms with Crippen molar-refractivity contribution in [2.24, 2.45) is 11.8 Å². The maximum Gasteiger partial charge on any atom is 0.338 e. The third-order valence-corrected chi connectivity index (χ3v) is 20.8. The number of benzene rings is 8. The molecule has 8 rings (SSSR count). The quantitative estimate of drug-likeness (QED) is 0.0277. The van der Waals surface area contributed by atoms with Gasteiger partial charge in [0.05, 0.1) is 52.6 Å². The Morgan fingerprint density at radius 2 is 0.904 bits per heavy atom. The van der Waals surface area contributed by atoms with Crippen molar-refractivity contribution in [3.63, 3.8) is 0 Å². The number of unbranched alkanes of at least 4 members (excludes halogenated alkanes) is 11. The Morgan fingerprint density at radius 1 is 0.404 bits per heavy atom. The SMILES string of the molecule is CCC(Oc1ccc(C)cc1C)C(=O)Nc1cc(C)cc(NC(=O)C(CC)Oc2ccc(C)cc2C)c1.CCCCC(CC)COC(=O)c1ccc(C(=O)OCC(CC)CCCC)c(C)c1.CCCCCCCCCCCCOc1cc(Cl)c(Cl)cc1C.Cc1cc(Cl)ccc1Cl.Cc1ccc(C#N)cc1OCc1ccccc1. The van der Waals surface area contributed by atoms with Crippen LogP contribution in [-0.2, 0) is 25.7 Å². The zero-order valence-corrected chi connectivity index (χ0v) is 73.8. The minimum absolute atomic E-state index is 0.241. The van der Waals surface area contributed by atoms with Crippen LogP contribution < -0.4 is 29.6 Å². The van der Waals surface area contributed by atoms with E-state index in [0.717, 1.165) is 142 Å². The molecule has 13 nitrogen and oxygen atoms in total. The fourth-order valence-electron chi connectivity index (χ4n) is 12.3. The summed E-state index contributed by atoms with van der Waals surface area (Å²) in [4.78, 5) is 50.9. The van der Waals surface area contributed by atoms with Crippen LogP contribution in [0.4, 0.5) is 11.4 Å². The van der Waals surface area contributed by atoms with Gasteiger partial charge in [-0.2, -0.15) is 5.26 Å². The van der Waals surface area contributed by atoms with Crippen LogP contribution in [0.5, 0.6) is 23.0 Å². The van der Waals surface area contributed by atoms with Crippen molar-refractivity contribution in [3.05, 3.63) is 244 Å². The Kier molecular flexibility index (Phi) is 47.3. The lowest BCUT2D eigenvalue weighted by Gasteiger charge is -2.20. The number of amides is 2. The van der Waals surface area contributed by atoms with Gasteiger partial charge in [0, 0.05) is 27.5 Å². The summed E-state index contributed by atoms with van der Waals surface area (Å²) in [5, 5.41) is 17.4. The molecule has 4 atom stereocenters. The fourth-order valence-corrected chi connectivity index (χ4v) is 13.0. The molecule has 0 saturated heterocycles. The summed E-state index contributed by atoms with van der Waals surface area (Å²) in [6.07, 6.45) is 21.9. The number of carbonyl (C=O) groups is 4. The molecule has 0 aliphatic carbocycles. The van der Waals surface area contributed by atoms with Crippen molar-refractivity contribution in [1.82, 2.24) is 0 Å². The molecule has 2 amide bonds. The Morgan fingerprint density at radius 3 is 1.39 bits per heavy atom. The van der Waals surface area contributed by atoms with Crippen LogP contribution in [0.2, 0.25) is 20.1 Å². The summed E-state index contributed by atoms with van der Waals surface area (Å²) in [5.41, 5.74) is 12.9. The standard InChI is InChI=1S/C31H38N2O4.C25H40O4.C19H30Cl2O.C15H13NO.C7H6Cl2/c1-8-26(36-28-12-10-19(3)14-22(28)6)30(34)32-24-16-21(5)17-25(18-24)33-31(35)27(9-2)37-29-13-11-20(4)15-23(29)7;1-6-10-12-20(8-3)17-28-24(26)22-14-15-23(19(5)16-22)25(27)29-18-21(9-4)13-11-7-2;1-3-4-5-6-7-8-9-10-11-12-13-22-19-15-18(21)17(20)14-16(19)2;1-12-7-8-14(10-16)9-15(12)17-11-13-5-3-2-4-6-13;1-5-4-6(8)2-3-7(5)9/h10-18,26-27H,8-9H2,1-7H3,(H,32,34)(H,33,35);14-16,20-21H,6-13,17-18H2,1-5H3;14-15H,3-13H2,1-2H3;2-9H,11H2,1H3;2-4H,1H3. The van der Waals surface area contributed by atoms with E-state index in [9.17, 15) is 19.2 Å². The molecule has 2 N–H and O–H groups in total. The number of carbonyl (C=O) groups excluding carboxylic acids is 4. The number of esters is 2. The average molecular weight is 1640 g/mol. The predicted molar refractivity (Wildman–Crippen MR) is 474 cm³/mol. The second-order valence-corrected chi connectivity index (χ2v) is 31.2. The van der Waals surface area contributed by atoms with Gasteiger partial charge in [-0.15, -0.1) is 0 Å². The van der Waals surface area contributed by atoms with E-state index in [-0.39, 0.29) is 23.8 Å². The largest absolute Gasteiger partial charge is 0.493 e. The number of anilines is 2. The van der Waals surface area contributed by atoms with Gasteiger partial charge in [-0.05, 0) is 236 Å². The van der Waals surface area contributed by atoms with Gasteiger partial charge >= 0.3 is 11.9 Å². The first-order chi connectivity index (χ1) is 54.7. The van der Waals surface area contributed by atoms with Gasteiger partial charge in [0.1, 0.15) is 29.6 Å². The summed E-state index contributed by atoms with van der Waals surface area (Å²) in [6, 6.07) is 49.0. The minimum atomic E-state index is -0.643. The normalized spacial score (nSPS) is 11.6. The molecule has 114 heavy (non-hydrogen) atoms. The number of hydrogen-bond donors (Lipinski definition) is 2. The van der Waals surface area contributed by atoms with E-state index >= 15 is 0 Å². The number of nitriles is 1. The van der Waals surface area contributed by atoms with Crippen LogP contribution in [0.15, 0.2) is 152 Å². The number of ether oxygens (including phenoxy) is 6. The maximum atomic E-state index is 13.0. The van der Waals surface area contributed by atoms with E-state index in [0.29, 0.717) is 94.1 Å². The second-order valence-electron chi connectivity index (χ2n) is 29.5. The molecule has 8 aromatic rings. The van der Waals surface area contributed by atoms with Gasteiger partial charge in [0.2, 0.25) is 0 Å². The van der Waals surface area contributed by atoms with Crippen LogP contribution in [0.25, 0.3) is 0 Å². The van der Waals surface area contributed by atoms with E-state index < -0.39 is 12.2 Å². The van der Waals surface area contributed by atoms with Gasteiger partial charge in [-0.25, -0.2) is 9.59 Å². The molecular weight excluding hydrogens is 1510 g/mol. The Labute approximate surface area is 703 Å². The van der Waals surface area contributed by atoms with Gasteiger partial charge in [-0.1, -0.05) is 263 Å². The molecule has 0 aromatic heterocycles. The first-order valence-corrected chi connectivity index (χ1v) is 42.5. The number of rotatable bonds is 39. The molecule has 0 saturated carbocycles. The van der Waals surface area contributed by atoms with Crippen LogP contribution in [0, 0.1) is 85.5 Å². The number of nitrogens with zero attached hydrogens (tertiary/aromatic N) is 1. The van der Waals surface area contributed by atoms with E-state index in [1.165, 1.54) is 57.8 Å². The molecule has 0 aliphatic heterocycles. The highest BCUT2D eigenvalue weighted by atomic mass is 35.5. The van der Waals surface area contributed by atoms with Crippen molar-refractivity contribution in [2.75, 3.05) is 30.5 Å². The summed E-state index contributed by atoms with van der Waals surface area (Å²) in [7, 11) is 0. The van der Waals surface area contributed by atoms with Crippen LogP contribution >= 0.6 is 46.4 Å². The predicted octanol–water partition coefficient (Wildman–Crippen LogP) is 27.9. The van der Waals surface area contributed by atoms with Gasteiger partial charge < -0.3 is 39.1 Å². The summed E-state index contributed by atoms with van der Waals surface area (Å²) >= 11 is 23.4. The van der Waals surface area contributed by atoms with Gasteiger partial charge in [0.15, 0.2) is 12.2 Å². The zero-order valence-electron chi connectivity index (χ0n) is 70.8. The molecule has 0 aliphatic rings. The molecule has 0 radical (unpaired) electrons. The number of aryl methyl sites for hydroxylation is 9. The van der Waals surface area contributed by atoms with Gasteiger partial charge in [-0.3, -0.25) is 9.59 Å². The van der Waals surface area contributed by atoms with Crippen molar-refractivity contribution in [3.8, 4) is 29.1 Å². The summed E-state index contributed by atoms with van der Waals surface area (Å²) in [5.74, 6) is 2.71. The molecular formula is C97H127Cl4N3O10. The lowest BCUT2D eigenvalue weighted by Crippen LogP contribution is -2.33. The molecule has 0 spiro atoms. The smallest absolute Gasteiger partial charge is 0.338 e. The van der Waals surface area contributed by atoms with Crippen molar-refractivity contribution in [2.45, 2.75) is 258 Å². The van der Waals surface area contributed by atoms with Gasteiger partial charge in [0.25, 0.3) is 11.8 Å². The average Bonchev–Trinajstić information content (AvgIpc) is 0.828. The Hall–Kier alpha value is -8.51. The third-order valence-electron chi connectivity index (χ3n) is 19.5. The minimum Gasteiger partial charge on any atom is -0.493 e. The lowest BCUT2D eigenvalue weighted by molar-refractivity contribution is -0.123. The van der Waals surface area contributed by atoms with Crippen molar-refractivity contribution >= 4 is 81.5 Å². The molecule has 0 fully saturated rings. The highest BCUT2D eigenvalue weighted by Crippen LogP contribution is 2.32. The summed E-state index contributed by atoms with van der Waals surface area (Å²) in [6.45, 7) is 34.5. The maximum absolute atomic E-state index is 13.0. The van der Waals surface area contributed by atoms with Crippen molar-refractivity contribution in [1.29, 1.82) is 5.26 Å². The molecule has 0 heterocycles. The first-order valence-electron chi connectivity index (χ1n) is 41.0. The number of nitrogens with one attached hydrogen (secondary N) is 2. The van der Waals surface area contributed by atoms with E-state index in [4.69, 9.17) is 80.1 Å².